The lowest BCUT2D eigenvalue weighted by molar-refractivity contribution is 0.102. The van der Waals surface area contributed by atoms with E-state index in [9.17, 15) is 4.79 Å². The third-order valence-corrected chi connectivity index (χ3v) is 4.93. The monoisotopic (exact) mass is 410 g/mol. The second kappa shape index (κ2) is 7.30. The lowest BCUT2D eigenvalue weighted by atomic mass is 10.1. The average molecular weight is 411 g/mol. The molecule has 0 radical (unpaired) electrons. The van der Waals surface area contributed by atoms with Crippen molar-refractivity contribution in [2.45, 2.75) is 13.8 Å². The van der Waals surface area contributed by atoms with Crippen LogP contribution in [0.25, 0.3) is 22.6 Å². The maximum atomic E-state index is 12.4. The van der Waals surface area contributed by atoms with Crippen molar-refractivity contribution in [2.75, 3.05) is 5.32 Å². The summed E-state index contributed by atoms with van der Waals surface area (Å²) in [6, 6.07) is 16.1. The van der Waals surface area contributed by atoms with Crippen molar-refractivity contribution in [3.05, 3.63) is 81.3 Å². The maximum Gasteiger partial charge on any atom is 0.257 e. The number of carbonyl (C=O) groups excluding carboxylic acids is 1. The van der Waals surface area contributed by atoms with Crippen molar-refractivity contribution < 1.29 is 9.21 Å². The minimum absolute atomic E-state index is 0.303. The van der Waals surface area contributed by atoms with E-state index in [1.54, 1.807) is 24.3 Å². The predicted octanol–water partition coefficient (Wildman–Crippen LogP) is 6.67. The minimum Gasteiger partial charge on any atom is -0.436 e. The summed E-state index contributed by atoms with van der Waals surface area (Å²) in [5.41, 5.74) is 5.65. The van der Waals surface area contributed by atoms with Crippen LogP contribution >= 0.6 is 23.2 Å². The highest BCUT2D eigenvalue weighted by atomic mass is 35.5. The lowest BCUT2D eigenvalue weighted by Gasteiger charge is -2.07. The molecule has 1 N–H and O–H groups in total. The lowest BCUT2D eigenvalue weighted by Crippen LogP contribution is -2.12. The highest BCUT2D eigenvalue weighted by molar-refractivity contribution is 6.37. The number of carbonyl (C=O) groups is 1. The molecule has 0 aliphatic rings. The third-order valence-electron chi connectivity index (χ3n) is 4.39. The fourth-order valence-electron chi connectivity index (χ4n) is 3.07. The molecular weight excluding hydrogens is 395 g/mol. The van der Waals surface area contributed by atoms with Gasteiger partial charge in [-0.25, -0.2) is 4.98 Å². The van der Waals surface area contributed by atoms with Gasteiger partial charge in [0, 0.05) is 16.3 Å². The van der Waals surface area contributed by atoms with Crippen LogP contribution in [0.15, 0.2) is 59.0 Å². The zero-order valence-corrected chi connectivity index (χ0v) is 16.7. The summed E-state index contributed by atoms with van der Waals surface area (Å²) in [5, 5.41) is 3.61. The second-order valence-electron chi connectivity index (χ2n) is 6.60. The standard InChI is InChI=1S/C22H16Cl2N2O2/c1-12-9-13(2)20-19(10-12)26-22(28-20)14-3-6-16(7-4-14)25-21(27)17-8-5-15(23)11-18(17)24/h3-11H,1-2H3,(H,25,27). The Kier molecular flexibility index (Phi) is 4.84. The van der Waals surface area contributed by atoms with Crippen LogP contribution in [0.1, 0.15) is 21.5 Å². The van der Waals surface area contributed by atoms with Crippen LogP contribution in [0.3, 0.4) is 0 Å². The number of aromatic nitrogens is 1. The Bertz CT molecular complexity index is 1200. The van der Waals surface area contributed by atoms with Gasteiger partial charge in [0.1, 0.15) is 5.52 Å². The molecule has 0 saturated carbocycles. The fourth-order valence-corrected chi connectivity index (χ4v) is 3.56. The number of rotatable bonds is 3. The SMILES string of the molecule is Cc1cc(C)c2oc(-c3ccc(NC(=O)c4ccc(Cl)cc4Cl)cc3)nc2c1. The number of aryl methyl sites for hydroxylation is 2. The van der Waals surface area contributed by atoms with Gasteiger partial charge in [-0.2, -0.15) is 0 Å². The van der Waals surface area contributed by atoms with E-state index < -0.39 is 0 Å². The number of hydrogen-bond acceptors (Lipinski definition) is 3. The maximum absolute atomic E-state index is 12.4. The molecule has 0 saturated heterocycles. The van der Waals surface area contributed by atoms with E-state index in [0.717, 1.165) is 27.8 Å². The molecule has 0 aliphatic heterocycles. The molecule has 140 valence electrons. The summed E-state index contributed by atoms with van der Waals surface area (Å²) < 4.78 is 5.93. The molecule has 0 fully saturated rings. The van der Waals surface area contributed by atoms with Gasteiger partial charge in [0.25, 0.3) is 5.91 Å². The summed E-state index contributed by atoms with van der Waals surface area (Å²) in [7, 11) is 0. The zero-order chi connectivity index (χ0) is 19.8. The number of anilines is 1. The summed E-state index contributed by atoms with van der Waals surface area (Å²) in [4.78, 5) is 17.0. The minimum atomic E-state index is -0.303. The quantitative estimate of drug-likeness (QED) is 0.410. The van der Waals surface area contributed by atoms with Crippen LogP contribution in [0.4, 0.5) is 5.69 Å². The molecular formula is C22H16Cl2N2O2. The van der Waals surface area contributed by atoms with Gasteiger partial charge >= 0.3 is 0 Å². The topological polar surface area (TPSA) is 55.1 Å². The Morgan fingerprint density at radius 3 is 2.46 bits per heavy atom. The van der Waals surface area contributed by atoms with Crippen LogP contribution in [-0.4, -0.2) is 10.9 Å². The number of nitrogens with one attached hydrogen (secondary N) is 1. The van der Waals surface area contributed by atoms with Gasteiger partial charge in [0.15, 0.2) is 5.58 Å². The molecule has 0 aliphatic carbocycles. The molecule has 3 aromatic carbocycles. The molecule has 1 heterocycles. The number of amides is 1. The summed E-state index contributed by atoms with van der Waals surface area (Å²) in [5.74, 6) is 0.240. The number of nitrogens with zero attached hydrogens (tertiary/aromatic N) is 1. The smallest absolute Gasteiger partial charge is 0.257 e. The number of fused-ring (bicyclic) bond motifs is 1. The van der Waals surface area contributed by atoms with E-state index in [1.165, 1.54) is 6.07 Å². The van der Waals surface area contributed by atoms with Crippen LogP contribution in [0.5, 0.6) is 0 Å². The van der Waals surface area contributed by atoms with Crippen molar-refractivity contribution in [2.24, 2.45) is 0 Å². The van der Waals surface area contributed by atoms with E-state index >= 15 is 0 Å². The van der Waals surface area contributed by atoms with Gasteiger partial charge < -0.3 is 9.73 Å². The van der Waals surface area contributed by atoms with Crippen LogP contribution in [-0.2, 0) is 0 Å². The zero-order valence-electron chi connectivity index (χ0n) is 15.2. The Morgan fingerprint density at radius 2 is 1.75 bits per heavy atom. The molecule has 4 aromatic rings. The molecule has 4 nitrogen and oxygen atoms in total. The van der Waals surface area contributed by atoms with Crippen LogP contribution < -0.4 is 5.32 Å². The van der Waals surface area contributed by atoms with Crippen molar-refractivity contribution in [1.29, 1.82) is 0 Å². The highest BCUT2D eigenvalue weighted by Gasteiger charge is 2.13. The molecule has 0 bridgehead atoms. The van der Waals surface area contributed by atoms with Crippen molar-refractivity contribution >= 4 is 45.9 Å². The number of oxazole rings is 1. The largest absolute Gasteiger partial charge is 0.436 e. The van der Waals surface area contributed by atoms with Crippen molar-refractivity contribution in [1.82, 2.24) is 4.98 Å². The fraction of sp³-hybridized carbons (Fsp3) is 0.0909. The van der Waals surface area contributed by atoms with Gasteiger partial charge in [-0.05, 0) is 73.5 Å². The molecule has 1 aromatic heterocycles. The van der Waals surface area contributed by atoms with Gasteiger partial charge in [-0.3, -0.25) is 4.79 Å². The molecule has 4 rings (SSSR count). The van der Waals surface area contributed by atoms with Gasteiger partial charge in [0.2, 0.25) is 5.89 Å². The van der Waals surface area contributed by atoms with E-state index in [1.807, 2.05) is 32.0 Å². The Balaban J connectivity index is 1.57. The molecule has 6 heteroatoms. The first-order chi connectivity index (χ1) is 13.4. The van der Waals surface area contributed by atoms with Crippen molar-refractivity contribution in [3.63, 3.8) is 0 Å². The molecule has 0 spiro atoms. The average Bonchev–Trinajstić information content (AvgIpc) is 3.06. The Morgan fingerprint density at radius 1 is 1.00 bits per heavy atom. The Labute approximate surface area is 172 Å². The van der Waals surface area contributed by atoms with Crippen LogP contribution in [0.2, 0.25) is 10.0 Å². The number of halogens is 2. The van der Waals surface area contributed by atoms with Gasteiger partial charge in [-0.15, -0.1) is 0 Å². The van der Waals surface area contributed by atoms with E-state index in [4.69, 9.17) is 27.6 Å². The first-order valence-corrected chi connectivity index (χ1v) is 9.41. The highest BCUT2D eigenvalue weighted by Crippen LogP contribution is 2.28. The summed E-state index contributed by atoms with van der Waals surface area (Å²) in [6.07, 6.45) is 0. The number of benzene rings is 3. The second-order valence-corrected chi connectivity index (χ2v) is 7.45. The predicted molar refractivity (Wildman–Crippen MR) is 113 cm³/mol. The van der Waals surface area contributed by atoms with E-state index in [2.05, 4.69) is 16.4 Å². The first-order valence-electron chi connectivity index (χ1n) is 8.65. The summed E-state index contributed by atoms with van der Waals surface area (Å²) >= 11 is 12.0. The third kappa shape index (κ3) is 3.61. The summed E-state index contributed by atoms with van der Waals surface area (Å²) in [6.45, 7) is 4.04. The Hall–Kier alpha value is -2.82. The molecule has 28 heavy (non-hydrogen) atoms. The normalized spacial score (nSPS) is 11.0. The van der Waals surface area contributed by atoms with Gasteiger partial charge in [0.05, 0.1) is 10.6 Å². The molecule has 1 amide bonds. The van der Waals surface area contributed by atoms with E-state index in [-0.39, 0.29) is 5.91 Å². The van der Waals surface area contributed by atoms with Crippen molar-refractivity contribution in [3.8, 4) is 11.5 Å². The molecule has 0 unspecified atom stereocenters. The van der Waals surface area contributed by atoms with E-state index in [0.29, 0.717) is 27.2 Å². The van der Waals surface area contributed by atoms with Crippen LogP contribution in [0, 0.1) is 13.8 Å². The first kappa shape index (κ1) is 18.5. The molecule has 0 atom stereocenters. The number of hydrogen-bond donors (Lipinski definition) is 1. The van der Waals surface area contributed by atoms with Gasteiger partial charge in [-0.1, -0.05) is 29.3 Å².